The number of carbonyl (C=O) groups is 1. The second-order valence-corrected chi connectivity index (χ2v) is 34.1. The van der Waals surface area contributed by atoms with E-state index in [4.69, 9.17) is 70.0 Å². The first kappa shape index (κ1) is 99.1. The number of nitrogens with one attached hydrogen (secondary N) is 3. The van der Waals surface area contributed by atoms with E-state index in [0.717, 1.165) is 167 Å². The molecule has 0 aliphatic carbocycles. The molecule has 3 aliphatic heterocycles. The van der Waals surface area contributed by atoms with Gasteiger partial charge in [-0.2, -0.15) is 0 Å². The Morgan fingerprint density at radius 1 is 0.667 bits per heavy atom. The average molecular weight is 1710 g/mol. The van der Waals surface area contributed by atoms with Crippen LogP contribution in [0.5, 0.6) is 11.5 Å². The highest BCUT2D eigenvalue weighted by molar-refractivity contribution is 6.43. The summed E-state index contributed by atoms with van der Waals surface area (Å²) in [6.07, 6.45) is 23.0. The summed E-state index contributed by atoms with van der Waals surface area (Å²) in [5, 5.41) is 27.7. The van der Waals surface area contributed by atoms with E-state index >= 15 is 0 Å². The van der Waals surface area contributed by atoms with Gasteiger partial charge in [-0.1, -0.05) is 194 Å². The molecule has 6 heterocycles. The number of phenols is 1. The number of nitrogens with zero attached hydrogens (tertiary/aromatic N) is 9. The molecule has 0 saturated carbocycles. The maximum absolute atomic E-state index is 13.2. The van der Waals surface area contributed by atoms with Crippen LogP contribution in [0.25, 0.3) is 45.3 Å². The molecule has 658 valence electrons. The Bertz CT molecular complexity index is 4500. The minimum atomic E-state index is -0.337. The molecule has 0 radical (unpaired) electrons. The number of para-hydroxylation sites is 2. The molecular weight excluding hydrogens is 1570 g/mol. The lowest BCUT2D eigenvalue weighted by Gasteiger charge is -2.41. The van der Waals surface area contributed by atoms with Gasteiger partial charge in [0.25, 0.3) is 0 Å². The molecule has 0 atom stereocenters. The van der Waals surface area contributed by atoms with E-state index in [1.165, 1.54) is 81.9 Å². The number of halogens is 3. The highest BCUT2D eigenvalue weighted by Gasteiger charge is 2.32. The summed E-state index contributed by atoms with van der Waals surface area (Å²) < 4.78 is 29.5. The molecule has 2 fully saturated rings. The molecule has 0 bridgehead atoms. The van der Waals surface area contributed by atoms with Crippen LogP contribution >= 0.6 is 34.8 Å². The van der Waals surface area contributed by atoms with Gasteiger partial charge >= 0.3 is 5.69 Å². The number of nitrogens with two attached hydrogens (primary N) is 2. The lowest BCUT2D eigenvalue weighted by molar-refractivity contribution is 0.0186. The van der Waals surface area contributed by atoms with Gasteiger partial charge in [0.1, 0.15) is 23.0 Å². The smallest absolute Gasteiger partial charge is 0.330 e. The van der Waals surface area contributed by atoms with Crippen LogP contribution in [0.4, 0.5) is 23.1 Å². The van der Waals surface area contributed by atoms with E-state index in [-0.39, 0.29) is 34.4 Å². The Morgan fingerprint density at radius 3 is 1.95 bits per heavy atom. The van der Waals surface area contributed by atoms with Crippen molar-refractivity contribution in [2.24, 2.45) is 0 Å². The third kappa shape index (κ3) is 33.4. The van der Waals surface area contributed by atoms with Crippen LogP contribution in [-0.2, 0) is 25.5 Å². The van der Waals surface area contributed by atoms with Crippen molar-refractivity contribution >= 4 is 86.5 Å². The predicted octanol–water partition coefficient (Wildman–Crippen LogP) is 19.8. The van der Waals surface area contributed by atoms with E-state index in [9.17, 15) is 14.7 Å². The zero-order chi connectivity index (χ0) is 87.1. The molecule has 3 aromatic heterocycles. The standard InChI is InChI=1S/C32H32ClN3O4.C19H25Cl2N5.C18H25N5.C14H31NO2.C12H26O2/c1-20(2)40-31-17-30(38)25(29(37)13-12-22-11-10-21(3)15-26(22)33)16-23(31)18-35-14-6-7-24(19-35)36-28-9-5-4-8-27(28)34-32(36)39;1-12(2)25-19(3)7-9-26(10-8-19)15-11-23-17(18(22)24-15)13-5-4-6-14(20)16(13)21;1-13(2)22-8-10-23(11-9-22)17-12-16(20-21-18(17)19)15-7-5-4-6-14(15)3;1-4-5-6-7-8-10-16-12-13-17-11-9-15-14(2)3;1-4-5-6-7-8-9-13-10-11-14-12(2)3/h4-5,7-13,15-17,20,38H,6,14,18-19H2,1-3H3,(H,34,39);4-6,11-12,25H,7-10H2,1-3H3,(H2,22,24);4-7,12-13H,8-11H2,1-3H3,(H2,19,21);14-15H,4-13H2,1-3H3;12H,4-11H2,1-3H3/b13-12+;;;;. The van der Waals surface area contributed by atoms with Crippen molar-refractivity contribution in [3.05, 3.63) is 175 Å². The van der Waals surface area contributed by atoms with Crippen molar-refractivity contribution < 1.29 is 33.6 Å². The van der Waals surface area contributed by atoms with Crippen LogP contribution in [0.15, 0.2) is 126 Å². The minimum absolute atomic E-state index is 0.120. The maximum Gasteiger partial charge on any atom is 0.330 e. The number of piperazine rings is 1. The molecule has 25 heteroatoms. The van der Waals surface area contributed by atoms with Crippen molar-refractivity contribution in [1.82, 2.24) is 50.1 Å². The van der Waals surface area contributed by atoms with Crippen molar-refractivity contribution in [1.29, 1.82) is 0 Å². The fraction of sp³-hybridized carbons (Fsp3) is 0.537. The zero-order valence-electron chi connectivity index (χ0n) is 74.3. The minimum Gasteiger partial charge on any atom is -0.507 e. The summed E-state index contributed by atoms with van der Waals surface area (Å²) in [5.74, 6) is 1.72. The first-order valence-electron chi connectivity index (χ1n) is 43.6. The molecule has 11 rings (SSSR count). The van der Waals surface area contributed by atoms with Gasteiger partial charge in [0.2, 0.25) is 0 Å². The van der Waals surface area contributed by atoms with Crippen molar-refractivity contribution in [2.75, 3.05) is 126 Å². The Labute approximate surface area is 730 Å². The summed E-state index contributed by atoms with van der Waals surface area (Å²) in [6.45, 7) is 45.9. The summed E-state index contributed by atoms with van der Waals surface area (Å²) in [4.78, 5) is 47.2. The number of imidazole rings is 1. The highest BCUT2D eigenvalue weighted by atomic mass is 35.5. The average Bonchev–Trinajstić information content (AvgIpc) is 1.31. The number of aromatic hydroxyl groups is 1. The Kier molecular flexibility index (Phi) is 43.4. The molecular formula is C95H139Cl3N14O8. The number of unbranched alkanes of at least 4 members (excludes halogenated alkanes) is 8. The number of allylic oxidation sites excluding steroid dienone is 1. The molecule has 5 aromatic carbocycles. The SMILES string of the molecule is CC(C)NC1(C)CCN(c2cnc(-c3cccc(Cl)c3Cl)c(N)n2)CC1.CCCCCCCOCCOC(C)C.CCCCCCCOCCOCCNC(C)C.Cc1ccc(/C=C/C(=O)c2cc(CN3CCC=C(n4c(=O)[nH]c5ccccc54)C3)c(OC(C)C)cc2O)c(Cl)c1.Cc1ccccc1-c1cc(N2CCN(C(C)C)CC2)c(N)nn1. The molecule has 3 aliphatic rings. The number of aromatic nitrogens is 6. The first-order valence-corrected chi connectivity index (χ1v) is 44.7. The lowest BCUT2D eigenvalue weighted by Crippen LogP contribution is -2.53. The number of benzene rings is 5. The zero-order valence-corrected chi connectivity index (χ0v) is 76.6. The molecule has 22 nitrogen and oxygen atoms in total. The number of rotatable bonds is 38. The third-order valence-corrected chi connectivity index (χ3v) is 22.1. The monoisotopic (exact) mass is 1710 g/mol. The number of ether oxygens (including phenoxy) is 5. The van der Waals surface area contributed by atoms with Crippen LogP contribution in [0.3, 0.4) is 0 Å². The molecule has 2 saturated heterocycles. The molecule has 8 N–H and O–H groups in total. The highest BCUT2D eigenvalue weighted by Crippen LogP contribution is 2.37. The Morgan fingerprint density at radius 2 is 1.32 bits per heavy atom. The largest absolute Gasteiger partial charge is 0.507 e. The number of H-pyrrole nitrogens is 1. The topological polar surface area (TPSA) is 262 Å². The van der Waals surface area contributed by atoms with Crippen LogP contribution in [0.1, 0.15) is 206 Å². The van der Waals surface area contributed by atoms with Crippen molar-refractivity contribution in [2.45, 2.75) is 230 Å². The van der Waals surface area contributed by atoms with Crippen LogP contribution in [-0.4, -0.2) is 191 Å². The lowest BCUT2D eigenvalue weighted by atomic mass is 9.89. The number of fused-ring (bicyclic) bond motifs is 1. The molecule has 8 aromatic rings. The normalized spacial score (nSPS) is 14.4. The van der Waals surface area contributed by atoms with Gasteiger partial charge in [-0.3, -0.25) is 19.2 Å². The number of hydrogen-bond donors (Lipinski definition) is 6. The summed E-state index contributed by atoms with van der Waals surface area (Å²) >= 11 is 18.7. The summed E-state index contributed by atoms with van der Waals surface area (Å²) in [5.41, 5.74) is 23.0. The number of nitrogen functional groups attached to an aromatic ring is 2. The van der Waals surface area contributed by atoms with Gasteiger partial charge in [0.15, 0.2) is 17.4 Å². The summed E-state index contributed by atoms with van der Waals surface area (Å²) in [7, 11) is 0. The number of phenolic OH excluding ortho intramolecular Hbond substituents is 1. The van der Waals surface area contributed by atoms with E-state index in [1.807, 2.05) is 101 Å². The van der Waals surface area contributed by atoms with E-state index in [2.05, 4.69) is 149 Å². The Hall–Kier alpha value is -7.97. The van der Waals surface area contributed by atoms with Gasteiger partial charge in [-0.25, -0.2) is 14.8 Å². The molecule has 0 spiro atoms. The van der Waals surface area contributed by atoms with Gasteiger partial charge in [0, 0.05) is 136 Å². The molecule has 120 heavy (non-hydrogen) atoms. The number of aryl methyl sites for hydroxylation is 2. The first-order chi connectivity index (χ1) is 57.6. The van der Waals surface area contributed by atoms with Gasteiger partial charge in [0.05, 0.1) is 89.5 Å². The van der Waals surface area contributed by atoms with Gasteiger partial charge in [-0.05, 0) is 160 Å². The Balaban J connectivity index is 0.000000218. The number of anilines is 4. The number of ketones is 1. The van der Waals surface area contributed by atoms with Gasteiger partial charge in [-0.15, -0.1) is 10.2 Å². The number of aromatic amines is 1. The fourth-order valence-electron chi connectivity index (χ4n) is 14.4. The quantitative estimate of drug-likeness (QED) is 0.0119. The van der Waals surface area contributed by atoms with Crippen LogP contribution in [0, 0.1) is 13.8 Å². The third-order valence-electron chi connectivity index (χ3n) is 20.9. The van der Waals surface area contributed by atoms with Gasteiger partial charge < -0.3 is 65.7 Å². The number of carbonyl (C=O) groups excluding carboxylic acids is 1. The second-order valence-electron chi connectivity index (χ2n) is 32.9. The number of piperidine rings is 1. The fourth-order valence-corrected chi connectivity index (χ4v) is 15.1. The number of hydrogen-bond acceptors (Lipinski definition) is 20. The second kappa shape index (κ2) is 52.5. The van der Waals surface area contributed by atoms with E-state index in [1.54, 1.807) is 29.0 Å². The van der Waals surface area contributed by atoms with E-state index in [0.29, 0.717) is 87.6 Å². The van der Waals surface area contributed by atoms with Crippen LogP contribution < -0.4 is 42.3 Å². The van der Waals surface area contributed by atoms with Crippen molar-refractivity contribution in [3.8, 4) is 34.0 Å². The molecule has 0 amide bonds. The summed E-state index contributed by atoms with van der Waals surface area (Å²) in [6, 6.07) is 33.8. The van der Waals surface area contributed by atoms with Crippen LogP contribution in [0.2, 0.25) is 15.1 Å². The predicted molar refractivity (Wildman–Crippen MR) is 500 cm³/mol. The maximum atomic E-state index is 13.2. The van der Waals surface area contributed by atoms with Crippen molar-refractivity contribution in [3.63, 3.8) is 0 Å². The van der Waals surface area contributed by atoms with E-state index < -0.39 is 0 Å². The molecule has 0 unspecified atom stereocenters.